The van der Waals surface area contributed by atoms with Crippen LogP contribution >= 0.6 is 11.6 Å². The summed E-state index contributed by atoms with van der Waals surface area (Å²) in [5.41, 5.74) is 1.84. The number of benzene rings is 1. The van der Waals surface area contributed by atoms with Gasteiger partial charge in [0.15, 0.2) is 9.84 Å². The highest BCUT2D eigenvalue weighted by Gasteiger charge is 2.38. The Kier molecular flexibility index (Phi) is 4.98. The van der Waals surface area contributed by atoms with Gasteiger partial charge in [-0.1, -0.05) is 24.3 Å². The van der Waals surface area contributed by atoms with Crippen LogP contribution in [-0.4, -0.2) is 25.3 Å². The van der Waals surface area contributed by atoms with Gasteiger partial charge in [0.05, 0.1) is 0 Å². The first-order valence-corrected chi connectivity index (χ1v) is 8.23. The molecular weight excluding hydrogens is 286 g/mol. The highest BCUT2D eigenvalue weighted by atomic mass is 35.5. The largest absolute Gasteiger partial charge is 0.351 e. The zero-order valence-corrected chi connectivity index (χ0v) is 12.8. The molecule has 0 radical (unpaired) electrons. The number of sulfone groups is 1. The molecule has 19 heavy (non-hydrogen) atoms. The molecular formula is C13H18ClNO3S. The summed E-state index contributed by atoms with van der Waals surface area (Å²) in [5.74, 6) is -0.109. The first kappa shape index (κ1) is 16.0. The van der Waals surface area contributed by atoms with Crippen molar-refractivity contribution in [1.82, 2.24) is 5.32 Å². The molecule has 0 fully saturated rings. The van der Waals surface area contributed by atoms with Crippen LogP contribution in [0.1, 0.15) is 25.0 Å². The third kappa shape index (κ3) is 3.94. The second-order valence-corrected chi connectivity index (χ2v) is 7.75. The number of hydrogen-bond acceptors (Lipinski definition) is 3. The molecule has 0 aliphatic carbocycles. The predicted octanol–water partition coefficient (Wildman–Crippen LogP) is 1.86. The molecule has 0 bridgehead atoms. The molecule has 0 spiro atoms. The summed E-state index contributed by atoms with van der Waals surface area (Å²) >= 11 is 5.73. The van der Waals surface area contributed by atoms with Crippen LogP contribution < -0.4 is 5.32 Å². The lowest BCUT2D eigenvalue weighted by molar-refractivity contribution is -0.123. The second-order valence-electron chi connectivity index (χ2n) is 4.92. The average Bonchev–Trinajstić information content (AvgIpc) is 2.34. The molecule has 1 N–H and O–H groups in total. The normalized spacial score (nSPS) is 12.2. The van der Waals surface area contributed by atoms with Crippen molar-refractivity contribution in [3.8, 4) is 0 Å². The summed E-state index contributed by atoms with van der Waals surface area (Å²) in [5, 5.41) is 2.64. The van der Waals surface area contributed by atoms with E-state index < -0.39 is 20.5 Å². The van der Waals surface area contributed by atoms with E-state index in [1.54, 1.807) is 0 Å². The van der Waals surface area contributed by atoms with Gasteiger partial charge >= 0.3 is 0 Å². The number of halogens is 1. The molecule has 0 atom stereocenters. The standard InChI is InChI=1S/C13H18ClNO3S/c1-13(2,19(3,17)18)12(16)15-9-11-6-4-5-10(7-11)8-14/h4-7H,8-9H2,1-3H3,(H,15,16). The minimum Gasteiger partial charge on any atom is -0.351 e. The van der Waals surface area contributed by atoms with E-state index in [2.05, 4.69) is 5.32 Å². The van der Waals surface area contributed by atoms with Crippen molar-refractivity contribution < 1.29 is 13.2 Å². The lowest BCUT2D eigenvalue weighted by Crippen LogP contribution is -2.47. The van der Waals surface area contributed by atoms with E-state index in [1.807, 2.05) is 24.3 Å². The lowest BCUT2D eigenvalue weighted by Gasteiger charge is -2.21. The molecule has 1 aromatic carbocycles. The fourth-order valence-electron chi connectivity index (χ4n) is 1.39. The van der Waals surface area contributed by atoms with Crippen molar-refractivity contribution in [3.63, 3.8) is 0 Å². The number of amides is 1. The van der Waals surface area contributed by atoms with Crippen LogP contribution in [-0.2, 0) is 27.1 Å². The van der Waals surface area contributed by atoms with Gasteiger partial charge in [-0.15, -0.1) is 11.6 Å². The second kappa shape index (κ2) is 5.92. The Balaban J connectivity index is 2.74. The fourth-order valence-corrected chi connectivity index (χ4v) is 1.96. The van der Waals surface area contributed by atoms with Gasteiger partial charge in [0, 0.05) is 18.7 Å². The van der Waals surface area contributed by atoms with Crippen LogP contribution in [0.4, 0.5) is 0 Å². The van der Waals surface area contributed by atoms with E-state index in [9.17, 15) is 13.2 Å². The van der Waals surface area contributed by atoms with Gasteiger partial charge < -0.3 is 5.32 Å². The number of rotatable bonds is 5. The van der Waals surface area contributed by atoms with Crippen LogP contribution in [0.5, 0.6) is 0 Å². The molecule has 0 heterocycles. The molecule has 6 heteroatoms. The third-order valence-electron chi connectivity index (χ3n) is 3.07. The first-order chi connectivity index (χ1) is 8.68. The van der Waals surface area contributed by atoms with Gasteiger partial charge in [-0.3, -0.25) is 4.79 Å². The molecule has 106 valence electrons. The molecule has 1 rings (SSSR count). The molecule has 0 unspecified atom stereocenters. The molecule has 0 saturated heterocycles. The van der Waals surface area contributed by atoms with E-state index >= 15 is 0 Å². The molecule has 0 saturated carbocycles. The number of carbonyl (C=O) groups excluding carboxylic acids is 1. The van der Waals surface area contributed by atoms with Crippen molar-refractivity contribution in [2.45, 2.75) is 31.0 Å². The molecule has 0 aliphatic heterocycles. The van der Waals surface area contributed by atoms with E-state index in [0.29, 0.717) is 5.88 Å². The number of alkyl halides is 1. The van der Waals surface area contributed by atoms with Gasteiger partial charge in [-0.25, -0.2) is 8.42 Å². The number of nitrogens with one attached hydrogen (secondary N) is 1. The van der Waals surface area contributed by atoms with E-state index in [0.717, 1.165) is 17.4 Å². The quantitative estimate of drug-likeness (QED) is 0.845. The Morgan fingerprint density at radius 2 is 1.89 bits per heavy atom. The highest BCUT2D eigenvalue weighted by Crippen LogP contribution is 2.15. The summed E-state index contributed by atoms with van der Waals surface area (Å²) in [7, 11) is -3.45. The van der Waals surface area contributed by atoms with Gasteiger partial charge in [-0.2, -0.15) is 0 Å². The zero-order valence-electron chi connectivity index (χ0n) is 11.2. The lowest BCUT2D eigenvalue weighted by atomic mass is 10.1. The summed E-state index contributed by atoms with van der Waals surface area (Å²) in [4.78, 5) is 11.9. The van der Waals surface area contributed by atoms with Crippen molar-refractivity contribution in [1.29, 1.82) is 0 Å². The average molecular weight is 304 g/mol. The van der Waals surface area contributed by atoms with Crippen molar-refractivity contribution in [2.75, 3.05) is 6.26 Å². The molecule has 1 aromatic rings. The summed E-state index contributed by atoms with van der Waals surface area (Å²) in [6.45, 7) is 3.07. The van der Waals surface area contributed by atoms with Crippen LogP contribution in [0.25, 0.3) is 0 Å². The SMILES string of the molecule is CC(C)(C(=O)NCc1cccc(CCl)c1)S(C)(=O)=O. The van der Waals surface area contributed by atoms with Crippen molar-refractivity contribution in [3.05, 3.63) is 35.4 Å². The molecule has 0 aromatic heterocycles. The smallest absolute Gasteiger partial charge is 0.241 e. The fraction of sp³-hybridized carbons (Fsp3) is 0.462. The molecule has 0 aliphatic rings. The zero-order chi connectivity index (χ0) is 14.7. The van der Waals surface area contributed by atoms with Crippen LogP contribution in [0.2, 0.25) is 0 Å². The first-order valence-electron chi connectivity index (χ1n) is 5.80. The Morgan fingerprint density at radius 1 is 1.32 bits per heavy atom. The maximum Gasteiger partial charge on any atom is 0.241 e. The highest BCUT2D eigenvalue weighted by molar-refractivity contribution is 7.92. The van der Waals surface area contributed by atoms with Crippen LogP contribution in [0.3, 0.4) is 0 Å². The number of hydrogen-bond donors (Lipinski definition) is 1. The monoisotopic (exact) mass is 303 g/mol. The Labute approximate surface area is 119 Å². The Morgan fingerprint density at radius 3 is 2.42 bits per heavy atom. The molecule has 4 nitrogen and oxygen atoms in total. The number of carbonyl (C=O) groups is 1. The van der Waals surface area contributed by atoms with Crippen LogP contribution in [0.15, 0.2) is 24.3 Å². The minimum atomic E-state index is -3.45. The van der Waals surface area contributed by atoms with E-state index in [4.69, 9.17) is 11.6 Å². The maximum absolute atomic E-state index is 11.9. The summed E-state index contributed by atoms with van der Waals surface area (Å²) < 4.78 is 21.6. The third-order valence-corrected chi connectivity index (χ3v) is 5.42. The van der Waals surface area contributed by atoms with Gasteiger partial charge in [0.25, 0.3) is 0 Å². The molecule has 1 amide bonds. The van der Waals surface area contributed by atoms with E-state index in [-0.39, 0.29) is 6.54 Å². The predicted molar refractivity (Wildman–Crippen MR) is 76.8 cm³/mol. The summed E-state index contributed by atoms with van der Waals surface area (Å²) in [6, 6.07) is 7.46. The van der Waals surface area contributed by atoms with Gasteiger partial charge in [0.1, 0.15) is 4.75 Å². The van der Waals surface area contributed by atoms with E-state index in [1.165, 1.54) is 13.8 Å². The Hall–Kier alpha value is -1.07. The maximum atomic E-state index is 11.9. The topological polar surface area (TPSA) is 63.2 Å². The van der Waals surface area contributed by atoms with Crippen LogP contribution in [0, 0.1) is 0 Å². The van der Waals surface area contributed by atoms with Gasteiger partial charge in [-0.05, 0) is 25.0 Å². The van der Waals surface area contributed by atoms with Crippen molar-refractivity contribution >= 4 is 27.3 Å². The Bertz CT molecular complexity index is 567. The van der Waals surface area contributed by atoms with Crippen molar-refractivity contribution in [2.24, 2.45) is 0 Å². The summed E-state index contributed by atoms with van der Waals surface area (Å²) in [6.07, 6.45) is 1.06. The van der Waals surface area contributed by atoms with Gasteiger partial charge in [0.2, 0.25) is 5.91 Å². The minimum absolute atomic E-state index is 0.280.